The van der Waals surface area contributed by atoms with Crippen molar-refractivity contribution in [3.8, 4) is 0 Å². The minimum Gasteiger partial charge on any atom is -0.320 e. The van der Waals surface area contributed by atoms with E-state index in [-0.39, 0.29) is 6.42 Å². The van der Waals surface area contributed by atoms with Crippen LogP contribution < -0.4 is 5.73 Å². The fourth-order valence-corrected chi connectivity index (χ4v) is 1.29. The molecule has 1 aromatic rings. The number of hydrogen-bond donors (Lipinski definition) is 1. The molecule has 0 aliphatic heterocycles. The topological polar surface area (TPSA) is 38.9 Å². The van der Waals surface area contributed by atoms with Crippen LogP contribution in [0.1, 0.15) is 5.69 Å². The summed E-state index contributed by atoms with van der Waals surface area (Å²) in [5.41, 5.74) is 5.28. The Kier molecular flexibility index (Phi) is 3.49. The lowest BCUT2D eigenvalue weighted by Gasteiger charge is -2.14. The third-order valence-electron chi connectivity index (χ3n) is 1.62. The first kappa shape index (κ1) is 11.5. The van der Waals surface area contributed by atoms with Gasteiger partial charge in [-0.05, 0) is 28.1 Å². The Bertz CT molecular complexity index is 314. The van der Waals surface area contributed by atoms with Crippen molar-refractivity contribution in [3.05, 3.63) is 28.5 Å². The van der Waals surface area contributed by atoms with Crippen LogP contribution in [0.2, 0.25) is 0 Å². The minimum atomic E-state index is -4.37. The molecule has 0 amide bonds. The lowest BCUT2D eigenvalue weighted by Crippen LogP contribution is -2.39. The van der Waals surface area contributed by atoms with Gasteiger partial charge in [0.2, 0.25) is 0 Å². The van der Waals surface area contributed by atoms with Crippen molar-refractivity contribution in [2.24, 2.45) is 5.73 Å². The van der Waals surface area contributed by atoms with Crippen LogP contribution in [0.15, 0.2) is 22.8 Å². The smallest absolute Gasteiger partial charge is 0.320 e. The van der Waals surface area contributed by atoms with Gasteiger partial charge in [-0.2, -0.15) is 13.2 Å². The average Bonchev–Trinajstić information content (AvgIpc) is 2.02. The summed E-state index contributed by atoms with van der Waals surface area (Å²) in [6.07, 6.45) is -4.67. The molecule has 1 unspecified atom stereocenters. The van der Waals surface area contributed by atoms with Crippen LogP contribution in [0, 0.1) is 0 Å². The summed E-state index contributed by atoms with van der Waals surface area (Å²) >= 11 is 3.07. The quantitative estimate of drug-likeness (QED) is 0.836. The lowest BCUT2D eigenvalue weighted by atomic mass is 10.1. The van der Waals surface area contributed by atoms with E-state index >= 15 is 0 Å². The number of alkyl halides is 3. The fourth-order valence-electron chi connectivity index (χ4n) is 0.905. The van der Waals surface area contributed by atoms with Crippen LogP contribution in [0.5, 0.6) is 0 Å². The predicted octanol–water partition coefficient (Wildman–Crippen LogP) is 2.28. The molecule has 1 aromatic heterocycles. The van der Waals surface area contributed by atoms with Crippen molar-refractivity contribution in [3.63, 3.8) is 0 Å². The molecule has 0 saturated heterocycles. The number of halogens is 4. The van der Waals surface area contributed by atoms with E-state index in [4.69, 9.17) is 5.73 Å². The van der Waals surface area contributed by atoms with Gasteiger partial charge < -0.3 is 5.73 Å². The third-order valence-corrected chi connectivity index (χ3v) is 2.06. The van der Waals surface area contributed by atoms with Crippen LogP contribution in [0.25, 0.3) is 0 Å². The summed E-state index contributed by atoms with van der Waals surface area (Å²) in [6, 6.07) is 2.92. The summed E-state index contributed by atoms with van der Waals surface area (Å²) in [4.78, 5) is 3.86. The van der Waals surface area contributed by atoms with E-state index in [1.54, 1.807) is 12.1 Å². The van der Waals surface area contributed by atoms with E-state index in [1.165, 1.54) is 6.07 Å². The van der Waals surface area contributed by atoms with Gasteiger partial charge in [0.1, 0.15) is 10.6 Å². The first-order valence-electron chi connectivity index (χ1n) is 3.83. The van der Waals surface area contributed by atoms with Crippen molar-refractivity contribution in [1.29, 1.82) is 0 Å². The number of aromatic nitrogens is 1. The number of nitrogens with zero attached hydrogens (tertiary/aromatic N) is 1. The highest BCUT2D eigenvalue weighted by molar-refractivity contribution is 9.10. The summed E-state index contributed by atoms with van der Waals surface area (Å²) in [5.74, 6) is 0. The zero-order valence-corrected chi connectivity index (χ0v) is 8.64. The molecule has 0 aromatic carbocycles. The molecular formula is C8H8BrF3N2. The Morgan fingerprint density at radius 1 is 1.43 bits per heavy atom. The standard InChI is InChI=1S/C8H8BrF3N2/c9-7-3-1-2-5(14-7)4-6(13)8(10,11)12/h1-3,6H,4,13H2. The number of nitrogens with two attached hydrogens (primary N) is 1. The minimum absolute atomic E-state index is 0.303. The SMILES string of the molecule is NC(Cc1cccc(Br)n1)C(F)(F)F. The highest BCUT2D eigenvalue weighted by Crippen LogP contribution is 2.21. The van der Waals surface area contributed by atoms with Crippen LogP contribution in [0.4, 0.5) is 13.2 Å². The van der Waals surface area contributed by atoms with Crippen molar-refractivity contribution >= 4 is 15.9 Å². The zero-order chi connectivity index (χ0) is 10.8. The molecule has 0 aliphatic carbocycles. The van der Waals surface area contributed by atoms with Gasteiger partial charge in [-0.15, -0.1) is 0 Å². The predicted molar refractivity (Wildman–Crippen MR) is 49.7 cm³/mol. The third kappa shape index (κ3) is 3.26. The molecule has 1 rings (SSSR count). The van der Waals surface area contributed by atoms with Crippen LogP contribution in [-0.2, 0) is 6.42 Å². The molecule has 14 heavy (non-hydrogen) atoms. The van der Waals surface area contributed by atoms with Gasteiger partial charge in [0.25, 0.3) is 0 Å². The van der Waals surface area contributed by atoms with Gasteiger partial charge in [0.05, 0.1) is 0 Å². The molecule has 0 spiro atoms. The molecule has 0 fully saturated rings. The number of hydrogen-bond acceptors (Lipinski definition) is 2. The summed E-state index contributed by atoms with van der Waals surface area (Å²) in [5, 5.41) is 0. The summed E-state index contributed by atoms with van der Waals surface area (Å²) in [7, 11) is 0. The number of rotatable bonds is 2. The lowest BCUT2D eigenvalue weighted by molar-refractivity contribution is -0.147. The maximum atomic E-state index is 12.1. The van der Waals surface area contributed by atoms with Crippen molar-refractivity contribution in [2.45, 2.75) is 18.6 Å². The van der Waals surface area contributed by atoms with E-state index in [1.807, 2.05) is 0 Å². The first-order valence-corrected chi connectivity index (χ1v) is 4.62. The van der Waals surface area contributed by atoms with Crippen LogP contribution in [-0.4, -0.2) is 17.2 Å². The molecule has 2 nitrogen and oxygen atoms in total. The van der Waals surface area contributed by atoms with Crippen molar-refractivity contribution in [1.82, 2.24) is 4.98 Å². The zero-order valence-electron chi connectivity index (χ0n) is 7.05. The second kappa shape index (κ2) is 4.27. The molecule has 0 bridgehead atoms. The molecular weight excluding hydrogens is 261 g/mol. The van der Waals surface area contributed by atoms with Crippen molar-refractivity contribution in [2.75, 3.05) is 0 Å². The van der Waals surface area contributed by atoms with Gasteiger partial charge in [-0.1, -0.05) is 6.07 Å². The second-order valence-corrected chi connectivity index (χ2v) is 3.62. The molecule has 0 radical (unpaired) electrons. The Labute approximate surface area is 87.4 Å². The molecule has 0 saturated carbocycles. The van der Waals surface area contributed by atoms with E-state index in [2.05, 4.69) is 20.9 Å². The summed E-state index contributed by atoms with van der Waals surface area (Å²) in [6.45, 7) is 0. The van der Waals surface area contributed by atoms with Gasteiger partial charge in [0, 0.05) is 12.1 Å². The van der Waals surface area contributed by atoms with Gasteiger partial charge in [-0.25, -0.2) is 4.98 Å². The maximum Gasteiger partial charge on any atom is 0.404 e. The largest absolute Gasteiger partial charge is 0.404 e. The Hall–Kier alpha value is -0.620. The Morgan fingerprint density at radius 3 is 2.57 bits per heavy atom. The number of pyridine rings is 1. The van der Waals surface area contributed by atoms with E-state index in [0.29, 0.717) is 10.3 Å². The second-order valence-electron chi connectivity index (χ2n) is 2.80. The molecule has 1 heterocycles. The Balaban J connectivity index is 2.70. The van der Waals surface area contributed by atoms with Gasteiger partial charge in [-0.3, -0.25) is 0 Å². The molecule has 2 N–H and O–H groups in total. The van der Waals surface area contributed by atoms with Gasteiger partial charge >= 0.3 is 6.18 Å². The van der Waals surface area contributed by atoms with E-state index in [9.17, 15) is 13.2 Å². The van der Waals surface area contributed by atoms with Crippen LogP contribution in [0.3, 0.4) is 0 Å². The maximum absolute atomic E-state index is 12.1. The Morgan fingerprint density at radius 2 is 2.07 bits per heavy atom. The highest BCUT2D eigenvalue weighted by atomic mass is 79.9. The van der Waals surface area contributed by atoms with E-state index < -0.39 is 12.2 Å². The first-order chi connectivity index (χ1) is 6.39. The fraction of sp³-hybridized carbons (Fsp3) is 0.375. The molecule has 6 heteroatoms. The van der Waals surface area contributed by atoms with Crippen molar-refractivity contribution < 1.29 is 13.2 Å². The molecule has 0 aliphatic rings. The normalized spacial score (nSPS) is 14.1. The summed E-state index contributed by atoms with van der Waals surface area (Å²) < 4.78 is 36.7. The highest BCUT2D eigenvalue weighted by Gasteiger charge is 2.36. The van der Waals surface area contributed by atoms with Gasteiger partial charge in [0.15, 0.2) is 0 Å². The molecule has 1 atom stereocenters. The van der Waals surface area contributed by atoms with E-state index in [0.717, 1.165) is 0 Å². The molecule has 78 valence electrons. The average molecular weight is 269 g/mol. The van der Waals surface area contributed by atoms with Crippen LogP contribution >= 0.6 is 15.9 Å². The monoisotopic (exact) mass is 268 g/mol.